The molecule has 4 heterocycles. The molecule has 0 fully saturated rings. The Balaban J connectivity index is 0.000000220. The second kappa shape index (κ2) is 17.7. The van der Waals surface area contributed by atoms with Crippen LogP contribution in [0.1, 0.15) is 91.6 Å². The van der Waals surface area contributed by atoms with Gasteiger partial charge in [0.15, 0.2) is 0 Å². The molecule has 8 rings (SSSR count). The normalized spacial score (nSPS) is 14.3. The number of rotatable bonds is 7. The third kappa shape index (κ3) is 10.4. The number of nitrogens with zero attached hydrogens (tertiary/aromatic N) is 3. The van der Waals surface area contributed by atoms with Crippen LogP contribution in [0.25, 0.3) is 55.7 Å². The van der Waals surface area contributed by atoms with Gasteiger partial charge in [-0.3, -0.25) is 0 Å². The van der Waals surface area contributed by atoms with Crippen molar-refractivity contribution in [1.29, 1.82) is 0 Å². The number of hydrogen-bond donors (Lipinski definition) is 0. The zero-order valence-electron chi connectivity index (χ0n) is 42.0. The van der Waals surface area contributed by atoms with Crippen molar-refractivity contribution < 1.29 is 35.5 Å². The molecule has 0 bridgehead atoms. The largest absolute Gasteiger partial charge is 0.486 e. The molecular weight excluding hydrogens is 887 g/mol. The molecule has 0 aliphatic carbocycles. The van der Waals surface area contributed by atoms with E-state index in [1.54, 1.807) is 30.5 Å². The summed E-state index contributed by atoms with van der Waals surface area (Å²) in [6.45, 7) is 9.87. The summed E-state index contributed by atoms with van der Waals surface area (Å²) < 4.78 is 69.4. The van der Waals surface area contributed by atoms with Gasteiger partial charge in [-0.15, -0.1) is 47.5 Å². The molecule has 5 heteroatoms. The first-order valence-corrected chi connectivity index (χ1v) is 19.3. The first kappa shape index (κ1) is 32.7. The van der Waals surface area contributed by atoms with Crippen molar-refractivity contribution in [2.45, 2.75) is 81.4 Å². The molecule has 0 spiro atoms. The summed E-state index contributed by atoms with van der Waals surface area (Å²) in [6.07, 6.45) is 3.76. The molecule has 0 aliphatic rings. The van der Waals surface area contributed by atoms with Gasteiger partial charge in [0.05, 0.1) is 5.58 Å². The van der Waals surface area contributed by atoms with Crippen molar-refractivity contribution >= 4 is 22.1 Å². The van der Waals surface area contributed by atoms with Gasteiger partial charge in [0, 0.05) is 54.5 Å². The first-order chi connectivity index (χ1) is 30.4. The third-order valence-electron chi connectivity index (χ3n) is 9.52. The van der Waals surface area contributed by atoms with Crippen molar-refractivity contribution in [3.8, 4) is 33.6 Å². The van der Waals surface area contributed by atoms with E-state index in [2.05, 4.69) is 85.1 Å². The van der Waals surface area contributed by atoms with Gasteiger partial charge in [0.1, 0.15) is 0 Å². The summed E-state index contributed by atoms with van der Waals surface area (Å²) in [5.41, 5.74) is 10.5. The van der Waals surface area contributed by atoms with Gasteiger partial charge in [-0.25, -0.2) is 4.98 Å². The zero-order chi connectivity index (χ0) is 47.1. The van der Waals surface area contributed by atoms with Crippen LogP contribution in [0, 0.1) is 43.6 Å². The van der Waals surface area contributed by atoms with Gasteiger partial charge in [0.2, 0.25) is 5.71 Å². The second-order valence-electron chi connectivity index (χ2n) is 16.8. The van der Waals surface area contributed by atoms with Crippen molar-refractivity contribution in [3.63, 3.8) is 0 Å². The van der Waals surface area contributed by atoms with E-state index in [0.717, 1.165) is 46.0 Å². The van der Waals surface area contributed by atoms with Crippen molar-refractivity contribution in [2.75, 3.05) is 0 Å². The first-order valence-electron chi connectivity index (χ1n) is 23.3. The van der Waals surface area contributed by atoms with Gasteiger partial charge in [-0.2, -0.15) is 0 Å². The minimum atomic E-state index is -2.29. The van der Waals surface area contributed by atoms with Crippen molar-refractivity contribution in [1.82, 2.24) is 15.0 Å². The molecule has 0 atom stereocenters. The van der Waals surface area contributed by atoms with E-state index >= 15 is 0 Å². The molecule has 58 heavy (non-hydrogen) atoms. The fourth-order valence-electron chi connectivity index (χ4n) is 6.87. The molecule has 4 aromatic heterocycles. The van der Waals surface area contributed by atoms with E-state index < -0.39 is 25.5 Å². The van der Waals surface area contributed by atoms with Gasteiger partial charge < -0.3 is 14.4 Å². The molecule has 0 amide bonds. The van der Waals surface area contributed by atoms with E-state index in [0.29, 0.717) is 33.7 Å². The molecule has 4 nitrogen and oxygen atoms in total. The van der Waals surface area contributed by atoms with E-state index in [-0.39, 0.29) is 36.8 Å². The van der Waals surface area contributed by atoms with Gasteiger partial charge in [-0.05, 0) is 101 Å². The topological polar surface area (TPSA) is 51.8 Å². The van der Waals surface area contributed by atoms with E-state index in [4.69, 9.17) is 15.4 Å². The predicted molar refractivity (Wildman–Crippen MR) is 237 cm³/mol. The standard InChI is InChI=1S/C30H29N2O.C23H24N.Ir/c1-19-18-31-27(16-23(19)15-21-10-12-22(13-11-21)17-30(3,4)5)26-8-6-7-24-25-14-9-20(2)32-29(25)33-28(24)26;1-17-10-12-20(14-21(17)19-8-6-5-7-9-19)22-13-11-18(16-24-22)15-23(2,3)4;/h6-7,9-14,16,18H,15,17H2,1-5H3;5-11,13-14,16H,15H2,1-4H3;/q2*-1;/i2D3;1D3,15D2;. The average molecular weight is 948 g/mol. The Morgan fingerprint density at radius 2 is 1.45 bits per heavy atom. The van der Waals surface area contributed by atoms with E-state index in [9.17, 15) is 0 Å². The molecule has 0 unspecified atom stereocenters. The SMILES string of the molecule is [2H]C([2H])([2H])c1c[c-]c(-c2ccc(C([2H])([2H])C(C)(C)C)cn2)cc1-c1ccccc1.[2H]C([2H])([2H])c1ccc2c(n1)oc1c(-c3cc(Cc4ccc(CC(C)(C)C)cc4)c(C)cn3)[c-]ccc12.[Ir]. The monoisotopic (exact) mass is 948 g/mol. The fraction of sp³-hybridized carbons (Fsp3) is 0.264. The molecule has 0 saturated heterocycles. The minimum Gasteiger partial charge on any atom is -0.486 e. The summed E-state index contributed by atoms with van der Waals surface area (Å²) in [7, 11) is 0. The molecule has 0 aliphatic heterocycles. The smallest absolute Gasteiger partial charge is 0.216 e. The van der Waals surface area contributed by atoms with Crippen LogP contribution >= 0.6 is 0 Å². The molecule has 1 radical (unpaired) electrons. The molecule has 4 aromatic carbocycles. The van der Waals surface area contributed by atoms with Crippen LogP contribution in [0.5, 0.6) is 0 Å². The zero-order valence-corrected chi connectivity index (χ0v) is 36.4. The molecule has 0 N–H and O–H groups in total. The van der Waals surface area contributed by atoms with E-state index in [1.807, 2.05) is 69.4 Å². The molecule has 0 saturated carbocycles. The van der Waals surface area contributed by atoms with Crippen molar-refractivity contribution in [3.05, 3.63) is 173 Å². The maximum Gasteiger partial charge on any atom is 0.216 e. The number of furan rings is 1. The maximum atomic E-state index is 8.39. The van der Waals surface area contributed by atoms with Crippen LogP contribution in [0.2, 0.25) is 0 Å². The quantitative estimate of drug-likeness (QED) is 0.149. The summed E-state index contributed by atoms with van der Waals surface area (Å²) in [5, 5.41) is 1.64. The van der Waals surface area contributed by atoms with Gasteiger partial charge >= 0.3 is 0 Å². The second-order valence-corrected chi connectivity index (χ2v) is 16.8. The molecule has 8 aromatic rings. The van der Waals surface area contributed by atoms with Gasteiger partial charge in [-0.1, -0.05) is 138 Å². The minimum absolute atomic E-state index is 0. The van der Waals surface area contributed by atoms with Crippen LogP contribution in [0.3, 0.4) is 0 Å². The number of pyridine rings is 3. The summed E-state index contributed by atoms with van der Waals surface area (Å²) >= 11 is 0. The Kier molecular flexibility index (Phi) is 10.00. The number of fused-ring (bicyclic) bond motifs is 3. The van der Waals surface area contributed by atoms with Crippen LogP contribution in [0.15, 0.2) is 126 Å². The number of aromatic nitrogens is 3. The third-order valence-corrected chi connectivity index (χ3v) is 9.52. The van der Waals surface area contributed by atoms with Crippen LogP contribution < -0.4 is 0 Å². The Hall–Kier alpha value is -5.22. The molecular formula is C53H53IrN3O-2. The summed E-state index contributed by atoms with van der Waals surface area (Å²) in [5.74, 6) is 0. The van der Waals surface area contributed by atoms with Crippen molar-refractivity contribution in [2.24, 2.45) is 10.8 Å². The van der Waals surface area contributed by atoms with Crippen LogP contribution in [-0.2, 0) is 39.3 Å². The number of hydrogen-bond acceptors (Lipinski definition) is 4. The Morgan fingerprint density at radius 1 is 0.707 bits per heavy atom. The van der Waals surface area contributed by atoms with Crippen LogP contribution in [-0.4, -0.2) is 15.0 Å². The predicted octanol–water partition coefficient (Wildman–Crippen LogP) is 13.7. The maximum absolute atomic E-state index is 8.39. The Morgan fingerprint density at radius 3 is 2.14 bits per heavy atom. The van der Waals surface area contributed by atoms with E-state index in [1.165, 1.54) is 28.8 Å². The summed E-state index contributed by atoms with van der Waals surface area (Å²) in [4.78, 5) is 13.4. The average Bonchev–Trinajstić information content (AvgIpc) is 3.62. The Labute approximate surface area is 369 Å². The van der Waals surface area contributed by atoms with Crippen LogP contribution in [0.4, 0.5) is 0 Å². The molecule has 297 valence electrons. The Bertz CT molecular complexity index is 2950. The number of aryl methyl sites for hydroxylation is 3. The van der Waals surface area contributed by atoms with Gasteiger partial charge in [0.25, 0.3) is 0 Å². The fourth-order valence-corrected chi connectivity index (χ4v) is 6.87. The number of benzene rings is 4. The summed E-state index contributed by atoms with van der Waals surface area (Å²) in [6, 6.07) is 40.5.